The number of benzene rings is 2. The predicted octanol–water partition coefficient (Wildman–Crippen LogP) is 2.17. The molecule has 0 saturated carbocycles. The Hall–Kier alpha value is -3.27. The van der Waals surface area contributed by atoms with E-state index in [0.29, 0.717) is 16.4 Å². The zero-order valence-electron chi connectivity index (χ0n) is 14.6. The van der Waals surface area contributed by atoms with Crippen molar-refractivity contribution in [3.05, 3.63) is 58.1 Å². The van der Waals surface area contributed by atoms with E-state index in [9.17, 15) is 19.7 Å². The average molecular weight is 391 g/mol. The Morgan fingerprint density at radius 2 is 1.63 bits per heavy atom. The molecule has 9 nitrogen and oxygen atoms in total. The van der Waals surface area contributed by atoms with Gasteiger partial charge < -0.3 is 9.47 Å². The number of methoxy groups -OCH3 is 2. The van der Waals surface area contributed by atoms with Gasteiger partial charge in [0, 0.05) is 28.7 Å². The molecule has 142 valence electrons. The Balaban J connectivity index is 1.86. The lowest BCUT2D eigenvalue weighted by molar-refractivity contribution is -0.384. The summed E-state index contributed by atoms with van der Waals surface area (Å²) in [5.41, 5.74) is 4.85. The van der Waals surface area contributed by atoms with Gasteiger partial charge in [0.25, 0.3) is 11.6 Å². The molecule has 10 heteroatoms. The molecule has 2 aromatic rings. The highest BCUT2D eigenvalue weighted by atomic mass is 32.2. The number of nitrogens with one attached hydrogen (secondary N) is 2. The summed E-state index contributed by atoms with van der Waals surface area (Å²) in [7, 11) is 2.93. The monoisotopic (exact) mass is 391 g/mol. The van der Waals surface area contributed by atoms with Crippen LogP contribution in [0.1, 0.15) is 10.4 Å². The molecular weight excluding hydrogens is 374 g/mol. The fourth-order valence-electron chi connectivity index (χ4n) is 1.99. The number of nitrogens with zero attached hydrogens (tertiary/aromatic N) is 1. The van der Waals surface area contributed by atoms with Crippen LogP contribution in [-0.2, 0) is 4.79 Å². The van der Waals surface area contributed by atoms with Gasteiger partial charge in [0.1, 0.15) is 11.5 Å². The maximum absolute atomic E-state index is 12.2. The number of hydrazine groups is 1. The highest BCUT2D eigenvalue weighted by Crippen LogP contribution is 2.22. The van der Waals surface area contributed by atoms with Crippen molar-refractivity contribution in [1.29, 1.82) is 0 Å². The number of carbonyl (C=O) groups excluding carboxylic acids is 2. The topological polar surface area (TPSA) is 120 Å². The van der Waals surface area contributed by atoms with Crippen LogP contribution in [0.3, 0.4) is 0 Å². The van der Waals surface area contributed by atoms with Crippen LogP contribution in [0.5, 0.6) is 11.5 Å². The largest absolute Gasteiger partial charge is 0.497 e. The molecule has 2 aromatic carbocycles. The van der Waals surface area contributed by atoms with E-state index in [-0.39, 0.29) is 17.0 Å². The van der Waals surface area contributed by atoms with Crippen LogP contribution in [0.2, 0.25) is 0 Å². The molecule has 2 rings (SSSR count). The first-order valence-corrected chi connectivity index (χ1v) is 8.61. The van der Waals surface area contributed by atoms with E-state index in [4.69, 9.17) is 9.47 Å². The number of nitro groups is 1. The molecule has 2 N–H and O–H groups in total. The maximum atomic E-state index is 12.2. The van der Waals surface area contributed by atoms with Gasteiger partial charge in [-0.25, -0.2) is 0 Å². The Morgan fingerprint density at radius 1 is 1.04 bits per heavy atom. The van der Waals surface area contributed by atoms with Crippen LogP contribution < -0.4 is 20.3 Å². The SMILES string of the molecule is COc1cc(OC)cc(C(=O)NNC(=O)CSc2ccc([N+](=O)[O-])cc2)c1. The lowest BCUT2D eigenvalue weighted by atomic mass is 10.2. The molecule has 2 amide bonds. The standard InChI is InChI=1S/C17H17N3O6S/c1-25-13-7-11(8-14(9-13)26-2)17(22)19-18-16(21)10-27-15-5-3-12(4-6-15)20(23)24/h3-9H,10H2,1-2H3,(H,18,21)(H,19,22). The molecule has 0 spiro atoms. The van der Waals surface area contributed by atoms with Gasteiger partial charge in [0.15, 0.2) is 0 Å². The smallest absolute Gasteiger partial charge is 0.269 e. The first-order valence-electron chi connectivity index (χ1n) is 7.62. The highest BCUT2D eigenvalue weighted by molar-refractivity contribution is 8.00. The second-order valence-electron chi connectivity index (χ2n) is 5.14. The van der Waals surface area contributed by atoms with Crippen molar-refractivity contribution >= 4 is 29.3 Å². The van der Waals surface area contributed by atoms with E-state index >= 15 is 0 Å². The van der Waals surface area contributed by atoms with Gasteiger partial charge in [-0.05, 0) is 24.3 Å². The second kappa shape index (κ2) is 9.43. The Kier molecular flexibility index (Phi) is 7.00. The van der Waals surface area contributed by atoms with Gasteiger partial charge in [0.05, 0.1) is 24.9 Å². The summed E-state index contributed by atoms with van der Waals surface area (Å²) in [5.74, 6) is -0.0407. The summed E-state index contributed by atoms with van der Waals surface area (Å²) < 4.78 is 10.2. The lowest BCUT2D eigenvalue weighted by Crippen LogP contribution is -2.42. The van der Waals surface area contributed by atoms with Crippen LogP contribution in [0, 0.1) is 10.1 Å². The third-order valence-corrected chi connectivity index (χ3v) is 4.36. The quantitative estimate of drug-likeness (QED) is 0.422. The molecule has 0 aliphatic rings. The van der Waals surface area contributed by atoms with Crippen LogP contribution in [0.15, 0.2) is 47.4 Å². The summed E-state index contributed by atoms with van der Waals surface area (Å²) in [6.45, 7) is 0. The van der Waals surface area contributed by atoms with Crippen molar-refractivity contribution < 1.29 is 24.0 Å². The van der Waals surface area contributed by atoms with E-state index in [2.05, 4.69) is 10.9 Å². The Bertz CT molecular complexity index is 819. The third kappa shape index (κ3) is 5.89. The average Bonchev–Trinajstić information content (AvgIpc) is 2.70. The Morgan fingerprint density at radius 3 is 2.15 bits per heavy atom. The molecule has 0 saturated heterocycles. The minimum atomic E-state index is -0.527. The minimum absolute atomic E-state index is 0.0233. The molecule has 0 atom stereocenters. The molecule has 0 fully saturated rings. The maximum Gasteiger partial charge on any atom is 0.269 e. The van der Waals surface area contributed by atoms with Crippen molar-refractivity contribution in [3.63, 3.8) is 0 Å². The van der Waals surface area contributed by atoms with Crippen molar-refractivity contribution in [1.82, 2.24) is 10.9 Å². The first kappa shape index (κ1) is 20.0. The fourth-order valence-corrected chi connectivity index (χ4v) is 2.68. The predicted molar refractivity (Wildman–Crippen MR) is 99.0 cm³/mol. The summed E-state index contributed by atoms with van der Waals surface area (Å²) in [5, 5.41) is 10.6. The van der Waals surface area contributed by atoms with Crippen LogP contribution >= 0.6 is 11.8 Å². The number of rotatable bonds is 7. The number of amides is 2. The molecule has 0 aliphatic heterocycles. The van der Waals surface area contributed by atoms with Crippen molar-refractivity contribution in [2.45, 2.75) is 4.90 Å². The number of hydrogen-bond acceptors (Lipinski definition) is 7. The van der Waals surface area contributed by atoms with Gasteiger partial charge in [-0.15, -0.1) is 11.8 Å². The van der Waals surface area contributed by atoms with E-state index in [0.717, 1.165) is 0 Å². The van der Waals surface area contributed by atoms with Crippen molar-refractivity contribution in [2.24, 2.45) is 0 Å². The van der Waals surface area contributed by atoms with E-state index in [1.54, 1.807) is 18.2 Å². The molecule has 0 heterocycles. The van der Waals surface area contributed by atoms with E-state index in [1.165, 1.54) is 50.2 Å². The summed E-state index contributed by atoms with van der Waals surface area (Å²) in [6, 6.07) is 10.5. The van der Waals surface area contributed by atoms with Crippen LogP contribution in [0.4, 0.5) is 5.69 Å². The molecule has 0 unspecified atom stereocenters. The van der Waals surface area contributed by atoms with Gasteiger partial charge in [-0.2, -0.15) is 0 Å². The van der Waals surface area contributed by atoms with Crippen molar-refractivity contribution in [3.8, 4) is 11.5 Å². The third-order valence-electron chi connectivity index (χ3n) is 3.35. The number of nitro benzene ring substituents is 1. The molecule has 0 bridgehead atoms. The molecular formula is C17H17N3O6S. The van der Waals surface area contributed by atoms with Gasteiger partial charge in [-0.1, -0.05) is 0 Å². The lowest BCUT2D eigenvalue weighted by Gasteiger charge is -2.10. The Labute approximate surface area is 159 Å². The zero-order chi connectivity index (χ0) is 19.8. The number of hydrogen-bond donors (Lipinski definition) is 2. The molecule has 0 radical (unpaired) electrons. The van der Waals surface area contributed by atoms with E-state index in [1.807, 2.05) is 0 Å². The number of carbonyl (C=O) groups is 2. The summed E-state index contributed by atoms with van der Waals surface area (Å²) >= 11 is 1.18. The van der Waals surface area contributed by atoms with Crippen LogP contribution in [-0.4, -0.2) is 36.7 Å². The number of thioether (sulfide) groups is 1. The normalized spacial score (nSPS) is 10.0. The highest BCUT2D eigenvalue weighted by Gasteiger charge is 2.11. The summed E-state index contributed by atoms with van der Waals surface area (Å²) in [6.07, 6.45) is 0. The first-order chi connectivity index (χ1) is 12.9. The molecule has 27 heavy (non-hydrogen) atoms. The second-order valence-corrected chi connectivity index (χ2v) is 6.19. The number of non-ortho nitro benzene ring substituents is 1. The fraction of sp³-hybridized carbons (Fsp3) is 0.176. The summed E-state index contributed by atoms with van der Waals surface area (Å²) in [4.78, 5) is 34.8. The minimum Gasteiger partial charge on any atom is -0.497 e. The van der Waals surface area contributed by atoms with Gasteiger partial charge >= 0.3 is 0 Å². The van der Waals surface area contributed by atoms with E-state index < -0.39 is 16.7 Å². The zero-order valence-corrected chi connectivity index (χ0v) is 15.4. The van der Waals surface area contributed by atoms with Gasteiger partial charge in [-0.3, -0.25) is 30.6 Å². The van der Waals surface area contributed by atoms with Crippen molar-refractivity contribution in [2.75, 3.05) is 20.0 Å². The molecule has 0 aliphatic carbocycles. The molecule has 0 aromatic heterocycles. The van der Waals surface area contributed by atoms with Crippen LogP contribution in [0.25, 0.3) is 0 Å². The van der Waals surface area contributed by atoms with Gasteiger partial charge in [0.2, 0.25) is 5.91 Å². The number of ether oxygens (including phenoxy) is 2.